The molecule has 4 aromatic rings. The van der Waals surface area contributed by atoms with E-state index in [0.29, 0.717) is 22.9 Å². The molecule has 0 atom stereocenters. The molecule has 0 aliphatic carbocycles. The first kappa shape index (κ1) is 14.1. The third-order valence-electron chi connectivity index (χ3n) is 3.78. The van der Waals surface area contributed by atoms with Crippen LogP contribution in [0.1, 0.15) is 0 Å². The van der Waals surface area contributed by atoms with Crippen LogP contribution < -0.4 is 10.6 Å². The number of fused-ring (bicyclic) bond motifs is 4. The van der Waals surface area contributed by atoms with Crippen molar-refractivity contribution < 1.29 is 0 Å². The highest BCUT2D eigenvalue weighted by atomic mass is 79.9. The maximum absolute atomic E-state index is 4.62. The van der Waals surface area contributed by atoms with Crippen molar-refractivity contribution in [1.82, 2.24) is 19.9 Å². The van der Waals surface area contributed by atoms with Gasteiger partial charge in [-0.15, -0.1) is 0 Å². The molecule has 0 saturated carbocycles. The molecule has 0 fully saturated rings. The summed E-state index contributed by atoms with van der Waals surface area (Å²) in [5.74, 6) is 1.28. The minimum atomic E-state index is 0.494. The fourth-order valence-electron chi connectivity index (χ4n) is 2.65. The number of para-hydroxylation sites is 2. The number of aromatic nitrogens is 4. The van der Waals surface area contributed by atoms with Crippen LogP contribution in [0.3, 0.4) is 0 Å². The molecule has 0 saturated heterocycles. The highest BCUT2D eigenvalue weighted by Gasteiger charge is 2.19. The summed E-state index contributed by atoms with van der Waals surface area (Å²) in [7, 11) is 0. The first-order valence-corrected chi connectivity index (χ1v) is 8.74. The van der Waals surface area contributed by atoms with Crippen LogP contribution in [0.25, 0.3) is 22.3 Å². The molecule has 24 heavy (non-hydrogen) atoms. The predicted octanol–water partition coefficient (Wildman–Crippen LogP) is 4.90. The Morgan fingerprint density at radius 1 is 0.625 bits per heavy atom. The SMILES string of the molecule is Brc1ccc(Br)c2nc3nc4c(nc3nc12)Nc1ccccc1N4. The Labute approximate surface area is 153 Å². The smallest absolute Gasteiger partial charge is 0.200 e. The van der Waals surface area contributed by atoms with Gasteiger partial charge in [0.05, 0.1) is 11.4 Å². The zero-order valence-corrected chi connectivity index (χ0v) is 15.2. The van der Waals surface area contributed by atoms with E-state index >= 15 is 0 Å². The molecular formula is C16H8Br2N6. The average molecular weight is 444 g/mol. The van der Waals surface area contributed by atoms with Crippen molar-refractivity contribution in [3.05, 3.63) is 45.3 Å². The molecule has 5 rings (SSSR count). The van der Waals surface area contributed by atoms with Gasteiger partial charge in [0, 0.05) is 8.95 Å². The summed E-state index contributed by atoms with van der Waals surface area (Å²) in [4.78, 5) is 18.4. The highest BCUT2D eigenvalue weighted by Crippen LogP contribution is 2.37. The molecule has 2 aromatic heterocycles. The molecule has 1 aliphatic heterocycles. The fraction of sp³-hybridized carbons (Fsp3) is 0. The highest BCUT2D eigenvalue weighted by molar-refractivity contribution is 9.11. The zero-order chi connectivity index (χ0) is 16.3. The van der Waals surface area contributed by atoms with Gasteiger partial charge in [0.15, 0.2) is 11.6 Å². The van der Waals surface area contributed by atoms with E-state index in [-0.39, 0.29) is 0 Å². The predicted molar refractivity (Wildman–Crippen MR) is 101 cm³/mol. The van der Waals surface area contributed by atoms with E-state index in [1.54, 1.807) is 0 Å². The molecule has 1 aliphatic rings. The minimum Gasteiger partial charge on any atom is -0.335 e. The van der Waals surface area contributed by atoms with Crippen LogP contribution in [0.15, 0.2) is 45.3 Å². The Morgan fingerprint density at radius 3 is 1.54 bits per heavy atom. The molecule has 2 N–H and O–H groups in total. The second-order valence-corrected chi connectivity index (χ2v) is 7.02. The zero-order valence-electron chi connectivity index (χ0n) is 12.0. The van der Waals surface area contributed by atoms with Crippen molar-refractivity contribution in [2.75, 3.05) is 10.6 Å². The van der Waals surface area contributed by atoms with Crippen LogP contribution in [-0.2, 0) is 0 Å². The van der Waals surface area contributed by atoms with Gasteiger partial charge in [0.1, 0.15) is 11.0 Å². The van der Waals surface area contributed by atoms with Crippen molar-refractivity contribution in [1.29, 1.82) is 0 Å². The van der Waals surface area contributed by atoms with E-state index in [1.165, 1.54) is 0 Å². The number of benzene rings is 2. The van der Waals surface area contributed by atoms with Crippen molar-refractivity contribution in [2.45, 2.75) is 0 Å². The monoisotopic (exact) mass is 442 g/mol. The lowest BCUT2D eigenvalue weighted by molar-refractivity contribution is 1.18. The lowest BCUT2D eigenvalue weighted by Gasteiger charge is -2.20. The summed E-state index contributed by atoms with van der Waals surface area (Å²) < 4.78 is 1.73. The van der Waals surface area contributed by atoms with Crippen molar-refractivity contribution in [3.8, 4) is 0 Å². The number of anilines is 4. The van der Waals surface area contributed by atoms with Gasteiger partial charge in [-0.3, -0.25) is 0 Å². The molecule has 0 radical (unpaired) electrons. The van der Waals surface area contributed by atoms with Crippen LogP contribution >= 0.6 is 31.9 Å². The van der Waals surface area contributed by atoms with Gasteiger partial charge in [-0.2, -0.15) is 0 Å². The van der Waals surface area contributed by atoms with Crippen LogP contribution in [0.2, 0.25) is 0 Å². The summed E-state index contributed by atoms with van der Waals surface area (Å²) in [5, 5.41) is 6.56. The first-order chi connectivity index (χ1) is 11.7. The number of hydrogen-bond donors (Lipinski definition) is 2. The van der Waals surface area contributed by atoms with Gasteiger partial charge < -0.3 is 10.6 Å². The normalized spacial score (nSPS) is 12.4. The van der Waals surface area contributed by atoms with E-state index < -0.39 is 0 Å². The minimum absolute atomic E-state index is 0.494. The quantitative estimate of drug-likeness (QED) is 0.331. The average Bonchev–Trinajstić information content (AvgIpc) is 2.60. The maximum atomic E-state index is 4.62. The molecule has 0 amide bonds. The molecule has 0 unspecified atom stereocenters. The van der Waals surface area contributed by atoms with E-state index in [2.05, 4.69) is 62.4 Å². The number of rotatable bonds is 0. The first-order valence-electron chi connectivity index (χ1n) is 7.15. The lowest BCUT2D eigenvalue weighted by Crippen LogP contribution is -2.10. The van der Waals surface area contributed by atoms with Gasteiger partial charge in [0.2, 0.25) is 11.3 Å². The number of hydrogen-bond acceptors (Lipinski definition) is 6. The van der Waals surface area contributed by atoms with Gasteiger partial charge in [-0.25, -0.2) is 19.9 Å². The lowest BCUT2D eigenvalue weighted by atomic mass is 10.2. The molecule has 2 aromatic carbocycles. The molecule has 8 heteroatoms. The van der Waals surface area contributed by atoms with Crippen molar-refractivity contribution in [3.63, 3.8) is 0 Å². The maximum Gasteiger partial charge on any atom is 0.200 e. The van der Waals surface area contributed by atoms with E-state index in [9.17, 15) is 0 Å². The largest absolute Gasteiger partial charge is 0.335 e. The van der Waals surface area contributed by atoms with E-state index in [4.69, 9.17) is 0 Å². The van der Waals surface area contributed by atoms with Crippen LogP contribution in [0, 0.1) is 0 Å². The third kappa shape index (κ3) is 2.06. The van der Waals surface area contributed by atoms with Gasteiger partial charge in [0.25, 0.3) is 0 Å². The summed E-state index contributed by atoms with van der Waals surface area (Å²) >= 11 is 7.03. The van der Waals surface area contributed by atoms with Crippen LogP contribution in [-0.4, -0.2) is 19.9 Å². The summed E-state index contributed by atoms with van der Waals surface area (Å²) in [6, 6.07) is 11.8. The van der Waals surface area contributed by atoms with Gasteiger partial charge in [-0.1, -0.05) is 12.1 Å². The van der Waals surface area contributed by atoms with Gasteiger partial charge in [-0.05, 0) is 56.1 Å². The number of nitrogens with one attached hydrogen (secondary N) is 2. The Morgan fingerprint density at radius 2 is 1.08 bits per heavy atom. The summed E-state index contributed by atoms with van der Waals surface area (Å²) in [6.45, 7) is 0. The molecular weight excluding hydrogens is 436 g/mol. The number of nitrogens with zero attached hydrogens (tertiary/aromatic N) is 4. The molecule has 0 spiro atoms. The standard InChI is InChI=1S/C16H8Br2N6/c17-7-5-6-8(18)12-11(7)21-15-16(22-12)24-14-13(23-15)19-9-3-1-2-4-10(9)20-14/h1-6H,(H,19,21,23)(H,20,22,24). The van der Waals surface area contributed by atoms with Gasteiger partial charge >= 0.3 is 0 Å². The molecule has 3 heterocycles. The van der Waals surface area contributed by atoms with Crippen molar-refractivity contribution >= 4 is 77.2 Å². The number of halogens is 2. The molecule has 6 nitrogen and oxygen atoms in total. The van der Waals surface area contributed by atoms with Crippen molar-refractivity contribution in [2.24, 2.45) is 0 Å². The Kier molecular flexibility index (Phi) is 2.98. The summed E-state index contributed by atoms with van der Waals surface area (Å²) in [6.07, 6.45) is 0. The van der Waals surface area contributed by atoms with E-state index in [0.717, 1.165) is 31.4 Å². The topological polar surface area (TPSA) is 75.6 Å². The Balaban J connectivity index is 1.77. The van der Waals surface area contributed by atoms with Crippen LogP contribution in [0.4, 0.5) is 23.0 Å². The molecule has 0 bridgehead atoms. The Hall–Kier alpha value is -2.32. The van der Waals surface area contributed by atoms with E-state index in [1.807, 2.05) is 36.4 Å². The Bertz CT molecular complexity index is 1060. The second-order valence-electron chi connectivity index (χ2n) is 5.31. The van der Waals surface area contributed by atoms with Crippen LogP contribution in [0.5, 0.6) is 0 Å². The third-order valence-corrected chi connectivity index (χ3v) is 5.06. The summed E-state index contributed by atoms with van der Waals surface area (Å²) in [5.41, 5.74) is 4.39. The fourth-order valence-corrected chi connectivity index (χ4v) is 3.47. The second kappa shape index (κ2) is 5.09. The molecule has 116 valence electrons.